The fourth-order valence-electron chi connectivity index (χ4n) is 4.71. The fourth-order valence-corrected chi connectivity index (χ4v) is 4.71. The molecule has 3 fully saturated rings. The van der Waals surface area contributed by atoms with Crippen LogP contribution in [0.4, 0.5) is 0 Å². The summed E-state index contributed by atoms with van der Waals surface area (Å²) in [5.41, 5.74) is 0.536. The SMILES string of the molecule is CCOC1CC(NCC2CCCCC2C)C12CCC2. The maximum atomic E-state index is 5.94. The van der Waals surface area contributed by atoms with Gasteiger partial charge in [-0.1, -0.05) is 32.6 Å². The molecule has 3 saturated carbocycles. The Balaban J connectivity index is 1.48. The van der Waals surface area contributed by atoms with Gasteiger partial charge >= 0.3 is 0 Å². The molecular formula is C17H31NO. The molecule has 0 bridgehead atoms. The van der Waals surface area contributed by atoms with Crippen LogP contribution in [0.2, 0.25) is 0 Å². The Kier molecular flexibility index (Phi) is 4.19. The molecule has 0 aliphatic heterocycles. The largest absolute Gasteiger partial charge is 0.378 e. The van der Waals surface area contributed by atoms with Crippen LogP contribution in [-0.2, 0) is 4.74 Å². The molecule has 0 aromatic rings. The van der Waals surface area contributed by atoms with Crippen LogP contribution in [-0.4, -0.2) is 25.3 Å². The Morgan fingerprint density at radius 2 is 1.95 bits per heavy atom. The van der Waals surface area contributed by atoms with Gasteiger partial charge in [0.1, 0.15) is 0 Å². The van der Waals surface area contributed by atoms with Gasteiger partial charge in [0, 0.05) is 18.1 Å². The number of hydrogen-bond donors (Lipinski definition) is 1. The minimum atomic E-state index is 0.536. The number of ether oxygens (including phenoxy) is 1. The van der Waals surface area contributed by atoms with Crippen LogP contribution in [0.3, 0.4) is 0 Å². The van der Waals surface area contributed by atoms with Crippen molar-refractivity contribution in [2.24, 2.45) is 17.3 Å². The zero-order chi connectivity index (χ0) is 13.3. The lowest BCUT2D eigenvalue weighted by Gasteiger charge is -2.61. The van der Waals surface area contributed by atoms with E-state index in [1.165, 1.54) is 57.9 Å². The van der Waals surface area contributed by atoms with Gasteiger partial charge in [0.2, 0.25) is 0 Å². The third-order valence-electron chi connectivity index (χ3n) is 6.35. The highest BCUT2D eigenvalue weighted by molar-refractivity contribution is 5.12. The first kappa shape index (κ1) is 13.9. The Labute approximate surface area is 118 Å². The molecule has 0 radical (unpaired) electrons. The van der Waals surface area contributed by atoms with E-state index in [1.54, 1.807) is 0 Å². The molecule has 0 amide bonds. The van der Waals surface area contributed by atoms with Crippen LogP contribution in [0, 0.1) is 17.3 Å². The molecule has 4 unspecified atom stereocenters. The molecule has 3 rings (SSSR count). The second kappa shape index (κ2) is 5.73. The average molecular weight is 265 g/mol. The smallest absolute Gasteiger partial charge is 0.0661 e. The average Bonchev–Trinajstić information content (AvgIpc) is 2.32. The summed E-state index contributed by atoms with van der Waals surface area (Å²) in [6.45, 7) is 6.73. The number of rotatable bonds is 5. The standard InChI is InChI=1S/C17H31NO/c1-3-19-16-11-15(17(16)9-6-10-17)18-12-14-8-5-4-7-13(14)2/h13-16,18H,3-12H2,1-2H3. The van der Waals surface area contributed by atoms with Crippen LogP contribution in [0.1, 0.15) is 65.2 Å². The van der Waals surface area contributed by atoms with E-state index in [-0.39, 0.29) is 0 Å². The molecule has 2 nitrogen and oxygen atoms in total. The highest BCUT2D eigenvalue weighted by Crippen LogP contribution is 2.57. The fraction of sp³-hybridized carbons (Fsp3) is 1.00. The third-order valence-corrected chi connectivity index (χ3v) is 6.35. The van der Waals surface area contributed by atoms with Crippen LogP contribution in [0.15, 0.2) is 0 Å². The molecular weight excluding hydrogens is 234 g/mol. The van der Waals surface area contributed by atoms with E-state index in [4.69, 9.17) is 4.74 Å². The quantitative estimate of drug-likeness (QED) is 0.817. The van der Waals surface area contributed by atoms with Crippen molar-refractivity contribution in [3.63, 3.8) is 0 Å². The predicted octanol–water partition coefficient (Wildman–Crippen LogP) is 3.75. The molecule has 3 aliphatic carbocycles. The molecule has 0 heterocycles. The highest BCUT2D eigenvalue weighted by atomic mass is 16.5. The van der Waals surface area contributed by atoms with Crippen molar-refractivity contribution in [3.05, 3.63) is 0 Å². The second-order valence-electron chi connectivity index (χ2n) is 7.25. The zero-order valence-electron chi connectivity index (χ0n) is 12.8. The van der Waals surface area contributed by atoms with Gasteiger partial charge in [0.15, 0.2) is 0 Å². The summed E-state index contributed by atoms with van der Waals surface area (Å²) in [6, 6.07) is 0.756. The van der Waals surface area contributed by atoms with E-state index in [9.17, 15) is 0 Å². The second-order valence-corrected chi connectivity index (χ2v) is 7.25. The molecule has 1 N–H and O–H groups in total. The van der Waals surface area contributed by atoms with Crippen LogP contribution >= 0.6 is 0 Å². The van der Waals surface area contributed by atoms with Gasteiger partial charge in [0.05, 0.1) is 6.10 Å². The van der Waals surface area contributed by atoms with Crippen molar-refractivity contribution in [3.8, 4) is 0 Å². The third kappa shape index (κ3) is 2.47. The van der Waals surface area contributed by atoms with Crippen molar-refractivity contribution in [2.45, 2.75) is 77.4 Å². The van der Waals surface area contributed by atoms with Crippen LogP contribution in [0.5, 0.6) is 0 Å². The summed E-state index contributed by atoms with van der Waals surface area (Å²) >= 11 is 0. The van der Waals surface area contributed by atoms with Gasteiger partial charge < -0.3 is 10.1 Å². The van der Waals surface area contributed by atoms with Gasteiger partial charge in [-0.2, -0.15) is 0 Å². The van der Waals surface area contributed by atoms with Crippen LogP contribution in [0.25, 0.3) is 0 Å². The van der Waals surface area contributed by atoms with Crippen molar-refractivity contribution >= 4 is 0 Å². The first-order valence-corrected chi connectivity index (χ1v) is 8.61. The summed E-state index contributed by atoms with van der Waals surface area (Å²) < 4.78 is 5.94. The summed E-state index contributed by atoms with van der Waals surface area (Å²) in [5, 5.41) is 3.92. The van der Waals surface area contributed by atoms with Gasteiger partial charge in [-0.3, -0.25) is 0 Å². The van der Waals surface area contributed by atoms with Gasteiger partial charge in [0.25, 0.3) is 0 Å². The van der Waals surface area contributed by atoms with Gasteiger partial charge in [-0.05, 0) is 51.0 Å². The van der Waals surface area contributed by atoms with E-state index in [2.05, 4.69) is 19.2 Å². The molecule has 0 saturated heterocycles. The molecule has 19 heavy (non-hydrogen) atoms. The zero-order valence-corrected chi connectivity index (χ0v) is 12.8. The molecule has 110 valence electrons. The summed E-state index contributed by atoms with van der Waals surface area (Å²) in [5.74, 6) is 1.86. The Morgan fingerprint density at radius 1 is 1.16 bits per heavy atom. The van der Waals surface area contributed by atoms with Crippen molar-refractivity contribution in [1.29, 1.82) is 0 Å². The molecule has 0 aromatic heterocycles. The normalized spacial score (nSPS) is 40.7. The Hall–Kier alpha value is -0.0800. The minimum Gasteiger partial charge on any atom is -0.378 e. The highest BCUT2D eigenvalue weighted by Gasteiger charge is 2.58. The summed E-state index contributed by atoms with van der Waals surface area (Å²) in [7, 11) is 0. The van der Waals surface area contributed by atoms with E-state index in [0.29, 0.717) is 11.5 Å². The Bertz CT molecular complexity index is 300. The van der Waals surface area contributed by atoms with Gasteiger partial charge in [-0.15, -0.1) is 0 Å². The Morgan fingerprint density at radius 3 is 2.58 bits per heavy atom. The monoisotopic (exact) mass is 265 g/mol. The summed E-state index contributed by atoms with van der Waals surface area (Å²) in [4.78, 5) is 0. The molecule has 4 atom stereocenters. The molecule has 2 heteroatoms. The predicted molar refractivity (Wildman–Crippen MR) is 79.2 cm³/mol. The first-order valence-electron chi connectivity index (χ1n) is 8.61. The lowest BCUT2D eigenvalue weighted by molar-refractivity contribution is -0.173. The van der Waals surface area contributed by atoms with Crippen molar-refractivity contribution < 1.29 is 4.74 Å². The lowest BCUT2D eigenvalue weighted by atomic mass is 9.51. The molecule has 3 aliphatic rings. The minimum absolute atomic E-state index is 0.536. The van der Waals surface area contributed by atoms with E-state index < -0.39 is 0 Å². The molecule has 0 aromatic carbocycles. The number of hydrogen-bond acceptors (Lipinski definition) is 2. The van der Waals surface area contributed by atoms with E-state index >= 15 is 0 Å². The van der Waals surface area contributed by atoms with Crippen LogP contribution < -0.4 is 5.32 Å². The number of nitrogens with one attached hydrogen (secondary N) is 1. The van der Waals surface area contributed by atoms with E-state index in [1.807, 2.05) is 0 Å². The van der Waals surface area contributed by atoms with Crippen molar-refractivity contribution in [2.75, 3.05) is 13.2 Å². The van der Waals surface area contributed by atoms with Crippen molar-refractivity contribution in [1.82, 2.24) is 5.32 Å². The first-order chi connectivity index (χ1) is 9.26. The molecule has 1 spiro atoms. The topological polar surface area (TPSA) is 21.3 Å². The van der Waals surface area contributed by atoms with Gasteiger partial charge in [-0.25, -0.2) is 0 Å². The van der Waals surface area contributed by atoms with E-state index in [0.717, 1.165) is 24.5 Å². The summed E-state index contributed by atoms with van der Waals surface area (Å²) in [6.07, 6.45) is 11.8. The maximum Gasteiger partial charge on any atom is 0.0661 e. The maximum absolute atomic E-state index is 5.94. The lowest BCUT2D eigenvalue weighted by Crippen LogP contribution is -2.67.